The molecule has 0 N–H and O–H groups in total. The summed E-state index contributed by atoms with van der Waals surface area (Å²) in [4.78, 5) is 18.8. The summed E-state index contributed by atoms with van der Waals surface area (Å²) in [6.07, 6.45) is 2.27. The van der Waals surface area contributed by atoms with Crippen LogP contribution in [0, 0.1) is 6.92 Å². The minimum Gasteiger partial charge on any atom is -0.380 e. The summed E-state index contributed by atoms with van der Waals surface area (Å²) in [6, 6.07) is 1.37. The van der Waals surface area contributed by atoms with Gasteiger partial charge in [-0.05, 0) is 13.0 Å². The van der Waals surface area contributed by atoms with Gasteiger partial charge in [0.15, 0.2) is 5.82 Å². The second-order valence-corrected chi connectivity index (χ2v) is 5.84. The number of carbonyl (C=O) groups is 1. The highest BCUT2D eigenvalue weighted by Gasteiger charge is 2.40. The molecule has 0 unspecified atom stereocenters. The van der Waals surface area contributed by atoms with Crippen LogP contribution in [-0.4, -0.2) is 45.3 Å². The zero-order valence-corrected chi connectivity index (χ0v) is 13.4. The molecule has 1 fully saturated rings. The van der Waals surface area contributed by atoms with Crippen molar-refractivity contribution in [1.82, 2.24) is 19.6 Å². The van der Waals surface area contributed by atoms with Gasteiger partial charge in [0.05, 0.1) is 11.1 Å². The summed E-state index contributed by atoms with van der Waals surface area (Å²) in [6.45, 7) is 2.23. The van der Waals surface area contributed by atoms with Gasteiger partial charge in [0.25, 0.3) is 5.91 Å². The van der Waals surface area contributed by atoms with E-state index in [0.29, 0.717) is 35.4 Å². The van der Waals surface area contributed by atoms with Gasteiger partial charge in [0.2, 0.25) is 5.89 Å². The van der Waals surface area contributed by atoms with Crippen LogP contribution in [0.5, 0.6) is 0 Å². The Morgan fingerprint density at radius 3 is 2.86 bits per heavy atom. The van der Waals surface area contributed by atoms with E-state index in [1.807, 2.05) is 0 Å². The molecule has 3 heterocycles. The summed E-state index contributed by atoms with van der Waals surface area (Å²) in [5, 5.41) is 4.34. The van der Waals surface area contributed by atoms with Crippen LogP contribution in [0.25, 0.3) is 0 Å². The molecule has 3 rings (SSSR count). The lowest BCUT2D eigenvalue weighted by molar-refractivity contribution is 0.0661. The number of methoxy groups -OCH3 is 1. The van der Waals surface area contributed by atoms with Crippen molar-refractivity contribution in [1.29, 1.82) is 0 Å². The fraction of sp³-hybridized carbons (Fsp3) is 0.500. The van der Waals surface area contributed by atoms with Gasteiger partial charge in [0, 0.05) is 33.3 Å². The molecule has 2 atom stereocenters. The summed E-state index contributed by atoms with van der Waals surface area (Å²) in [7, 11) is 3.42. The average molecular weight is 325 g/mol. The van der Waals surface area contributed by atoms with Crippen molar-refractivity contribution in [3.63, 3.8) is 0 Å². The van der Waals surface area contributed by atoms with Gasteiger partial charge in [-0.2, -0.15) is 4.98 Å². The summed E-state index contributed by atoms with van der Waals surface area (Å²) in [5.41, 5.74) is 0.517. The summed E-state index contributed by atoms with van der Waals surface area (Å²) in [5.74, 6) is 0.852. The molecule has 2 aromatic heterocycles. The highest BCUT2D eigenvalue weighted by Crippen LogP contribution is 2.34. The first-order valence-electron chi connectivity index (χ1n) is 6.95. The van der Waals surface area contributed by atoms with Crippen LogP contribution >= 0.6 is 11.6 Å². The Bertz CT molecular complexity index is 696. The second kappa shape index (κ2) is 5.73. The lowest BCUT2D eigenvalue weighted by Gasteiger charge is -2.21. The number of likely N-dealkylation sites (tertiary alicyclic amines) is 1. The van der Waals surface area contributed by atoms with E-state index in [4.69, 9.17) is 20.9 Å². The number of aromatic nitrogens is 3. The molecule has 0 aliphatic carbocycles. The van der Waals surface area contributed by atoms with Gasteiger partial charge in [0.1, 0.15) is 11.7 Å². The number of rotatable bonds is 3. The number of nitrogens with zero attached hydrogens (tertiary/aromatic N) is 4. The normalized spacial score (nSPS) is 21.5. The Labute approximate surface area is 132 Å². The molecule has 1 aliphatic rings. The van der Waals surface area contributed by atoms with Crippen LogP contribution in [0.2, 0.25) is 5.02 Å². The van der Waals surface area contributed by atoms with E-state index >= 15 is 0 Å². The van der Waals surface area contributed by atoms with Crippen molar-refractivity contribution in [2.45, 2.75) is 25.5 Å². The van der Waals surface area contributed by atoms with Gasteiger partial charge < -0.3 is 18.7 Å². The molecule has 7 nitrogen and oxygen atoms in total. The van der Waals surface area contributed by atoms with Crippen molar-refractivity contribution in [2.24, 2.45) is 7.05 Å². The maximum absolute atomic E-state index is 12.8. The highest BCUT2D eigenvalue weighted by molar-refractivity contribution is 6.31. The molecular formula is C14H17ClN4O3. The molecule has 1 saturated heterocycles. The Morgan fingerprint density at radius 1 is 1.55 bits per heavy atom. The van der Waals surface area contributed by atoms with Gasteiger partial charge >= 0.3 is 0 Å². The third-order valence-electron chi connectivity index (χ3n) is 3.88. The van der Waals surface area contributed by atoms with Gasteiger partial charge in [-0.3, -0.25) is 4.79 Å². The second-order valence-electron chi connectivity index (χ2n) is 5.40. The largest absolute Gasteiger partial charge is 0.380 e. The number of ether oxygens (including phenoxy) is 1. The maximum Gasteiger partial charge on any atom is 0.271 e. The smallest absolute Gasteiger partial charge is 0.271 e. The molecular weight excluding hydrogens is 308 g/mol. The van der Waals surface area contributed by atoms with E-state index in [1.54, 1.807) is 42.8 Å². The Hall–Kier alpha value is -1.86. The molecule has 1 amide bonds. The molecule has 0 saturated carbocycles. The molecule has 8 heteroatoms. The number of hydrogen-bond acceptors (Lipinski definition) is 5. The lowest BCUT2D eigenvalue weighted by Crippen LogP contribution is -2.33. The summed E-state index contributed by atoms with van der Waals surface area (Å²) >= 11 is 5.97. The van der Waals surface area contributed by atoms with Crippen molar-refractivity contribution < 1.29 is 14.1 Å². The molecule has 1 aliphatic heterocycles. The van der Waals surface area contributed by atoms with Crippen molar-refractivity contribution >= 4 is 17.5 Å². The lowest BCUT2D eigenvalue weighted by atomic mass is 10.2. The van der Waals surface area contributed by atoms with Gasteiger partial charge in [-0.1, -0.05) is 16.8 Å². The zero-order valence-electron chi connectivity index (χ0n) is 12.6. The van der Waals surface area contributed by atoms with Gasteiger partial charge in [-0.15, -0.1) is 0 Å². The number of carbonyl (C=O) groups excluding carboxylic acids is 1. The van der Waals surface area contributed by atoms with Crippen molar-refractivity contribution in [3.8, 4) is 0 Å². The van der Waals surface area contributed by atoms with Crippen molar-refractivity contribution in [3.05, 3.63) is 34.7 Å². The first kappa shape index (κ1) is 15.1. The number of hydrogen-bond donors (Lipinski definition) is 0. The number of amides is 1. The standard InChI is InChI=1S/C14H17ClN4O3/c1-8-16-13(22-17-8)11-5-10(21-3)7-19(11)14(20)12-4-9(15)6-18(12)2/h4,6,10-11H,5,7H2,1-3H3/t10-,11-/m1/s1. The van der Waals surface area contributed by atoms with E-state index in [1.165, 1.54) is 0 Å². The average Bonchev–Trinajstić information content (AvgIpc) is 3.16. The fourth-order valence-corrected chi connectivity index (χ4v) is 3.01. The minimum atomic E-state index is -0.285. The zero-order chi connectivity index (χ0) is 15.9. The number of aryl methyl sites for hydroxylation is 2. The predicted octanol–water partition coefficient (Wildman–Crippen LogP) is 1.97. The van der Waals surface area contributed by atoms with E-state index in [0.717, 1.165) is 0 Å². The van der Waals surface area contributed by atoms with E-state index in [-0.39, 0.29) is 18.1 Å². The van der Waals surface area contributed by atoms with Crippen molar-refractivity contribution in [2.75, 3.05) is 13.7 Å². The van der Waals surface area contributed by atoms with Crippen LogP contribution < -0.4 is 0 Å². The Morgan fingerprint density at radius 2 is 2.32 bits per heavy atom. The fourth-order valence-electron chi connectivity index (χ4n) is 2.76. The van der Waals surface area contributed by atoms with Crippen LogP contribution in [0.15, 0.2) is 16.8 Å². The van der Waals surface area contributed by atoms with Gasteiger partial charge in [-0.25, -0.2) is 0 Å². The molecule has 0 spiro atoms. The first-order valence-corrected chi connectivity index (χ1v) is 7.33. The maximum atomic E-state index is 12.8. The van der Waals surface area contributed by atoms with Crippen LogP contribution in [0.3, 0.4) is 0 Å². The SMILES string of the molecule is CO[C@@H]1C[C@H](c2nc(C)no2)N(C(=O)c2cc(Cl)cn2C)C1. The number of halogens is 1. The molecule has 0 bridgehead atoms. The Balaban J connectivity index is 1.92. The van der Waals surface area contributed by atoms with Crippen LogP contribution in [0.1, 0.15) is 34.7 Å². The molecule has 118 valence electrons. The van der Waals surface area contributed by atoms with E-state index in [9.17, 15) is 4.79 Å². The molecule has 0 radical (unpaired) electrons. The summed E-state index contributed by atoms with van der Waals surface area (Å²) < 4.78 is 12.4. The van der Waals surface area contributed by atoms with Crippen LogP contribution in [-0.2, 0) is 11.8 Å². The third-order valence-corrected chi connectivity index (χ3v) is 4.08. The minimum absolute atomic E-state index is 0.0584. The van der Waals surface area contributed by atoms with E-state index < -0.39 is 0 Å². The van der Waals surface area contributed by atoms with Crippen LogP contribution in [0.4, 0.5) is 0 Å². The quantitative estimate of drug-likeness (QED) is 0.863. The molecule has 2 aromatic rings. The topological polar surface area (TPSA) is 73.4 Å². The third kappa shape index (κ3) is 2.62. The molecule has 0 aromatic carbocycles. The molecule has 22 heavy (non-hydrogen) atoms. The highest BCUT2D eigenvalue weighted by atomic mass is 35.5. The monoisotopic (exact) mass is 324 g/mol. The predicted molar refractivity (Wildman–Crippen MR) is 78.6 cm³/mol. The first-order chi connectivity index (χ1) is 10.5. The van der Waals surface area contributed by atoms with E-state index in [2.05, 4.69) is 10.1 Å². The Kier molecular flexibility index (Phi) is 3.92.